The summed E-state index contributed by atoms with van der Waals surface area (Å²) in [6.07, 6.45) is 0.966. The normalized spacial score (nSPS) is 10.8. The molecule has 0 saturated carbocycles. The zero-order valence-corrected chi connectivity index (χ0v) is 12.3. The van der Waals surface area contributed by atoms with Crippen LogP contribution in [0.4, 0.5) is 0 Å². The average molecular weight is 289 g/mol. The van der Waals surface area contributed by atoms with Gasteiger partial charge in [0.2, 0.25) is 0 Å². The van der Waals surface area contributed by atoms with E-state index in [1.807, 2.05) is 37.2 Å². The van der Waals surface area contributed by atoms with Crippen molar-refractivity contribution in [3.8, 4) is 5.75 Å². The number of nitrogens with zero attached hydrogens (tertiary/aromatic N) is 5. The van der Waals surface area contributed by atoms with Gasteiger partial charge in [0.15, 0.2) is 5.82 Å². The number of ether oxygens (including phenoxy) is 1. The highest BCUT2D eigenvalue weighted by Crippen LogP contribution is 2.10. The maximum Gasteiger partial charge on any atom is 0.311 e. The Morgan fingerprint density at radius 1 is 1.29 bits per heavy atom. The molecular formula is C14H19N5O2. The van der Waals surface area contributed by atoms with Gasteiger partial charge in [-0.25, -0.2) is 4.68 Å². The summed E-state index contributed by atoms with van der Waals surface area (Å²) in [6.45, 7) is 1.27. The van der Waals surface area contributed by atoms with E-state index in [4.69, 9.17) is 4.74 Å². The zero-order valence-electron chi connectivity index (χ0n) is 12.3. The predicted octanol–water partition coefficient (Wildman–Crippen LogP) is 1.12. The van der Waals surface area contributed by atoms with E-state index in [2.05, 4.69) is 15.5 Å². The fraction of sp³-hybridized carbons (Fsp3) is 0.429. The number of carbonyl (C=O) groups excluding carboxylic acids is 1. The van der Waals surface area contributed by atoms with Crippen molar-refractivity contribution in [3.05, 3.63) is 36.2 Å². The largest absolute Gasteiger partial charge is 0.427 e. The minimum Gasteiger partial charge on any atom is -0.427 e. The van der Waals surface area contributed by atoms with Crippen molar-refractivity contribution in [1.29, 1.82) is 0 Å². The van der Waals surface area contributed by atoms with Crippen LogP contribution in [0.25, 0.3) is 0 Å². The first kappa shape index (κ1) is 15.1. The molecule has 21 heavy (non-hydrogen) atoms. The number of benzene rings is 1. The van der Waals surface area contributed by atoms with Crippen molar-refractivity contribution in [2.24, 2.45) is 0 Å². The van der Waals surface area contributed by atoms with E-state index >= 15 is 0 Å². The molecular weight excluding hydrogens is 270 g/mol. The Labute approximate surface area is 123 Å². The quantitative estimate of drug-likeness (QED) is 0.562. The molecule has 7 heteroatoms. The molecule has 1 aromatic heterocycles. The van der Waals surface area contributed by atoms with Crippen molar-refractivity contribution in [3.63, 3.8) is 0 Å². The fourth-order valence-electron chi connectivity index (χ4n) is 1.84. The third kappa shape index (κ3) is 4.96. The van der Waals surface area contributed by atoms with E-state index in [-0.39, 0.29) is 5.97 Å². The lowest BCUT2D eigenvalue weighted by molar-refractivity contribution is -0.134. The van der Waals surface area contributed by atoms with Gasteiger partial charge in [-0.05, 0) is 43.1 Å². The number of para-hydroxylation sites is 1. The summed E-state index contributed by atoms with van der Waals surface area (Å²) >= 11 is 0. The highest BCUT2D eigenvalue weighted by molar-refractivity contribution is 5.72. The molecule has 0 atom stereocenters. The van der Waals surface area contributed by atoms with E-state index in [0.717, 1.165) is 5.82 Å². The van der Waals surface area contributed by atoms with Gasteiger partial charge < -0.3 is 9.64 Å². The van der Waals surface area contributed by atoms with E-state index in [9.17, 15) is 4.79 Å². The Balaban J connectivity index is 1.76. The van der Waals surface area contributed by atoms with Crippen molar-refractivity contribution in [1.82, 2.24) is 25.1 Å². The molecule has 0 spiro atoms. The Hall–Kier alpha value is -2.28. The van der Waals surface area contributed by atoms with E-state index in [1.165, 1.54) is 0 Å². The third-order valence-corrected chi connectivity index (χ3v) is 2.79. The highest BCUT2D eigenvalue weighted by atomic mass is 16.5. The Morgan fingerprint density at radius 3 is 2.76 bits per heavy atom. The lowest BCUT2D eigenvalue weighted by Gasteiger charge is -2.09. The second-order valence-corrected chi connectivity index (χ2v) is 4.95. The molecule has 0 aliphatic rings. The highest BCUT2D eigenvalue weighted by Gasteiger charge is 2.09. The summed E-state index contributed by atoms with van der Waals surface area (Å²) in [5.74, 6) is 1.11. The SMILES string of the molecule is CN(C)Cc1nnnn1CCCC(=O)Oc1ccccc1. The molecule has 0 fully saturated rings. The second-order valence-electron chi connectivity index (χ2n) is 4.95. The predicted molar refractivity (Wildman–Crippen MR) is 76.5 cm³/mol. The molecule has 0 N–H and O–H groups in total. The van der Waals surface area contributed by atoms with Crippen LogP contribution in [-0.2, 0) is 17.9 Å². The van der Waals surface area contributed by atoms with Crippen LogP contribution in [0.5, 0.6) is 5.75 Å². The number of carbonyl (C=O) groups is 1. The molecule has 7 nitrogen and oxygen atoms in total. The Kier molecular flexibility index (Phi) is 5.39. The first-order chi connectivity index (χ1) is 10.1. The summed E-state index contributed by atoms with van der Waals surface area (Å²) in [6, 6.07) is 9.05. The third-order valence-electron chi connectivity index (χ3n) is 2.79. The molecule has 0 saturated heterocycles. The maximum atomic E-state index is 11.7. The summed E-state index contributed by atoms with van der Waals surface area (Å²) in [5.41, 5.74) is 0. The van der Waals surface area contributed by atoms with Crippen molar-refractivity contribution in [2.45, 2.75) is 25.9 Å². The second kappa shape index (κ2) is 7.49. The van der Waals surface area contributed by atoms with Crippen LogP contribution in [0, 0.1) is 0 Å². The number of hydrogen-bond acceptors (Lipinski definition) is 6. The molecule has 0 aliphatic carbocycles. The van der Waals surface area contributed by atoms with Crippen molar-refractivity contribution >= 4 is 5.97 Å². The molecule has 1 aromatic carbocycles. The van der Waals surface area contributed by atoms with E-state index in [1.54, 1.807) is 16.8 Å². The van der Waals surface area contributed by atoms with Gasteiger partial charge in [0, 0.05) is 13.0 Å². The minimum absolute atomic E-state index is 0.247. The van der Waals surface area contributed by atoms with Gasteiger partial charge >= 0.3 is 5.97 Å². The van der Waals surface area contributed by atoms with Crippen molar-refractivity contribution in [2.75, 3.05) is 14.1 Å². The topological polar surface area (TPSA) is 73.1 Å². The molecule has 0 aliphatic heterocycles. The molecule has 0 unspecified atom stereocenters. The van der Waals surface area contributed by atoms with Gasteiger partial charge in [0.05, 0.1) is 6.54 Å². The molecule has 2 aromatic rings. The monoisotopic (exact) mass is 289 g/mol. The summed E-state index contributed by atoms with van der Waals surface area (Å²) in [5, 5.41) is 11.6. The van der Waals surface area contributed by atoms with E-state index < -0.39 is 0 Å². The lowest BCUT2D eigenvalue weighted by atomic mass is 10.3. The molecule has 0 amide bonds. The van der Waals surface area contributed by atoms with Gasteiger partial charge in [-0.2, -0.15) is 0 Å². The average Bonchev–Trinajstić information content (AvgIpc) is 2.86. The molecule has 1 heterocycles. The van der Waals surface area contributed by atoms with Crippen LogP contribution in [0.3, 0.4) is 0 Å². The molecule has 112 valence electrons. The number of tetrazole rings is 1. The number of aryl methyl sites for hydroxylation is 1. The van der Waals surface area contributed by atoms with Crippen LogP contribution >= 0.6 is 0 Å². The number of hydrogen-bond donors (Lipinski definition) is 0. The lowest BCUT2D eigenvalue weighted by Crippen LogP contribution is -2.17. The summed E-state index contributed by atoms with van der Waals surface area (Å²) in [7, 11) is 3.91. The number of rotatable bonds is 7. The maximum absolute atomic E-state index is 11.7. The fourth-order valence-corrected chi connectivity index (χ4v) is 1.84. The van der Waals surface area contributed by atoms with Gasteiger partial charge in [0.25, 0.3) is 0 Å². The first-order valence-corrected chi connectivity index (χ1v) is 6.80. The van der Waals surface area contributed by atoms with Crippen LogP contribution < -0.4 is 4.74 Å². The Morgan fingerprint density at radius 2 is 2.05 bits per heavy atom. The van der Waals surface area contributed by atoms with Crippen LogP contribution in [0.1, 0.15) is 18.7 Å². The van der Waals surface area contributed by atoms with Crippen LogP contribution in [0.2, 0.25) is 0 Å². The molecule has 2 rings (SSSR count). The first-order valence-electron chi connectivity index (χ1n) is 6.80. The smallest absolute Gasteiger partial charge is 0.311 e. The molecule has 0 radical (unpaired) electrons. The summed E-state index contributed by atoms with van der Waals surface area (Å²) in [4.78, 5) is 13.7. The zero-order chi connectivity index (χ0) is 15.1. The van der Waals surface area contributed by atoms with Gasteiger partial charge in [-0.1, -0.05) is 18.2 Å². The molecule has 0 bridgehead atoms. The number of aromatic nitrogens is 4. The van der Waals surface area contributed by atoms with Crippen LogP contribution in [0.15, 0.2) is 30.3 Å². The van der Waals surface area contributed by atoms with Gasteiger partial charge in [-0.3, -0.25) is 4.79 Å². The van der Waals surface area contributed by atoms with E-state index in [0.29, 0.717) is 31.7 Å². The minimum atomic E-state index is -0.247. The van der Waals surface area contributed by atoms with Crippen molar-refractivity contribution < 1.29 is 9.53 Å². The van der Waals surface area contributed by atoms with Crippen LogP contribution in [-0.4, -0.2) is 45.2 Å². The Bertz CT molecular complexity index is 568. The standard InChI is InChI=1S/C14H19N5O2/c1-18(2)11-13-15-16-17-19(13)10-6-9-14(20)21-12-7-4-3-5-8-12/h3-5,7-8H,6,9-11H2,1-2H3. The summed E-state index contributed by atoms with van der Waals surface area (Å²) < 4.78 is 6.94. The van der Waals surface area contributed by atoms with Gasteiger partial charge in [-0.15, -0.1) is 5.10 Å². The number of esters is 1. The van der Waals surface area contributed by atoms with Gasteiger partial charge in [0.1, 0.15) is 5.75 Å².